The second kappa shape index (κ2) is 6.15. The number of carboxylic acid groups (broad SMARTS) is 1. The summed E-state index contributed by atoms with van der Waals surface area (Å²) in [5.41, 5.74) is 5.53. The van der Waals surface area contributed by atoms with Crippen molar-refractivity contribution in [2.75, 3.05) is 32.7 Å². The third kappa shape index (κ3) is 5.46. The quantitative estimate of drug-likeness (QED) is 0.708. The first-order valence-corrected chi connectivity index (χ1v) is 6.29. The molecule has 6 nitrogen and oxygen atoms in total. The van der Waals surface area contributed by atoms with Crippen LogP contribution in [0.25, 0.3) is 0 Å². The Hall–Kier alpha value is -1.14. The summed E-state index contributed by atoms with van der Waals surface area (Å²) in [5, 5.41) is 8.68. The largest absolute Gasteiger partial charge is 0.480 e. The lowest BCUT2D eigenvalue weighted by Crippen LogP contribution is -2.50. The van der Waals surface area contributed by atoms with Gasteiger partial charge in [0.15, 0.2) is 0 Å². The molecule has 0 atom stereocenters. The normalized spacial score (nSPS) is 17.8. The predicted octanol–water partition coefficient (Wildman–Crippen LogP) is -0.267. The first-order valence-electron chi connectivity index (χ1n) is 6.29. The van der Waals surface area contributed by atoms with Crippen molar-refractivity contribution >= 4 is 11.9 Å². The maximum atomic E-state index is 11.9. The molecule has 6 heteroatoms. The molecule has 0 spiro atoms. The number of rotatable bonds is 5. The van der Waals surface area contributed by atoms with Crippen molar-refractivity contribution in [3.05, 3.63) is 0 Å². The number of amides is 1. The van der Waals surface area contributed by atoms with E-state index in [1.54, 1.807) is 4.90 Å². The van der Waals surface area contributed by atoms with Gasteiger partial charge in [0.1, 0.15) is 0 Å². The van der Waals surface area contributed by atoms with Crippen LogP contribution in [0.5, 0.6) is 0 Å². The molecule has 0 aromatic rings. The Morgan fingerprint density at radius 2 is 1.78 bits per heavy atom. The van der Waals surface area contributed by atoms with E-state index in [9.17, 15) is 9.59 Å². The Kier molecular flexibility index (Phi) is 5.10. The fourth-order valence-electron chi connectivity index (χ4n) is 1.93. The molecule has 1 saturated heterocycles. The number of nitrogens with zero attached hydrogens (tertiary/aromatic N) is 2. The molecule has 1 fully saturated rings. The Labute approximate surface area is 108 Å². The van der Waals surface area contributed by atoms with Crippen molar-refractivity contribution in [2.24, 2.45) is 5.73 Å². The average Bonchev–Trinajstić information content (AvgIpc) is 2.25. The third-order valence-corrected chi connectivity index (χ3v) is 3.07. The molecule has 3 N–H and O–H groups in total. The van der Waals surface area contributed by atoms with Crippen LogP contribution >= 0.6 is 0 Å². The lowest BCUT2D eigenvalue weighted by molar-refractivity contribution is -0.139. The second-order valence-corrected chi connectivity index (χ2v) is 5.54. The van der Waals surface area contributed by atoms with Gasteiger partial charge in [0.25, 0.3) is 0 Å². The van der Waals surface area contributed by atoms with Gasteiger partial charge in [0.2, 0.25) is 5.91 Å². The summed E-state index contributed by atoms with van der Waals surface area (Å²) in [5.74, 6) is -0.705. The molecular weight excluding hydrogens is 234 g/mol. The van der Waals surface area contributed by atoms with Gasteiger partial charge >= 0.3 is 5.97 Å². The van der Waals surface area contributed by atoms with E-state index in [1.165, 1.54) is 0 Å². The Morgan fingerprint density at radius 1 is 1.22 bits per heavy atom. The van der Waals surface area contributed by atoms with Gasteiger partial charge in [-0.1, -0.05) is 0 Å². The molecule has 1 aliphatic rings. The molecule has 0 saturated carbocycles. The first-order chi connectivity index (χ1) is 8.28. The molecule has 104 valence electrons. The predicted molar refractivity (Wildman–Crippen MR) is 68.2 cm³/mol. The summed E-state index contributed by atoms with van der Waals surface area (Å²) in [6, 6.07) is 0. The van der Waals surface area contributed by atoms with Crippen LogP contribution in [0, 0.1) is 0 Å². The van der Waals surface area contributed by atoms with E-state index in [4.69, 9.17) is 10.8 Å². The van der Waals surface area contributed by atoms with Crippen molar-refractivity contribution in [3.8, 4) is 0 Å². The number of carbonyl (C=O) groups is 2. The summed E-state index contributed by atoms with van der Waals surface area (Å²) in [6.07, 6.45) is 1.13. The SMILES string of the molecule is CC(C)(N)CCC(=O)N1CCN(CC(=O)O)CC1. The van der Waals surface area contributed by atoms with Gasteiger partial charge in [-0.05, 0) is 20.3 Å². The minimum Gasteiger partial charge on any atom is -0.480 e. The van der Waals surface area contributed by atoms with Crippen LogP contribution in [0.15, 0.2) is 0 Å². The minimum absolute atomic E-state index is 0.0534. The van der Waals surface area contributed by atoms with E-state index in [-0.39, 0.29) is 18.0 Å². The van der Waals surface area contributed by atoms with Crippen LogP contribution in [0.1, 0.15) is 26.7 Å². The molecule has 1 amide bonds. The maximum absolute atomic E-state index is 11.9. The molecule has 0 bridgehead atoms. The van der Waals surface area contributed by atoms with Crippen molar-refractivity contribution < 1.29 is 14.7 Å². The number of hydrogen-bond donors (Lipinski definition) is 2. The standard InChI is InChI=1S/C12H23N3O3/c1-12(2,13)4-3-10(16)15-7-5-14(6-8-15)9-11(17)18/h3-9,13H2,1-2H3,(H,17,18). The number of carbonyl (C=O) groups excluding carboxylic acids is 1. The van der Waals surface area contributed by atoms with Crippen LogP contribution in [0.3, 0.4) is 0 Å². The van der Waals surface area contributed by atoms with Gasteiger partial charge in [0.05, 0.1) is 6.54 Å². The van der Waals surface area contributed by atoms with Crippen LogP contribution in [0.2, 0.25) is 0 Å². The topological polar surface area (TPSA) is 86.9 Å². The molecule has 0 unspecified atom stereocenters. The van der Waals surface area contributed by atoms with E-state index in [0.717, 1.165) is 0 Å². The van der Waals surface area contributed by atoms with E-state index in [1.807, 2.05) is 18.7 Å². The number of carboxylic acids is 1. The highest BCUT2D eigenvalue weighted by molar-refractivity contribution is 5.76. The molecule has 1 heterocycles. The highest BCUT2D eigenvalue weighted by Gasteiger charge is 2.23. The van der Waals surface area contributed by atoms with E-state index in [0.29, 0.717) is 39.0 Å². The molecule has 18 heavy (non-hydrogen) atoms. The Bertz CT molecular complexity index is 304. The molecule has 0 aliphatic carbocycles. The van der Waals surface area contributed by atoms with Crippen LogP contribution < -0.4 is 5.73 Å². The van der Waals surface area contributed by atoms with Gasteiger partial charge in [-0.2, -0.15) is 0 Å². The zero-order valence-electron chi connectivity index (χ0n) is 11.2. The number of piperazine rings is 1. The number of aliphatic carboxylic acids is 1. The lowest BCUT2D eigenvalue weighted by Gasteiger charge is -2.34. The van der Waals surface area contributed by atoms with Crippen LogP contribution in [-0.2, 0) is 9.59 Å². The fraction of sp³-hybridized carbons (Fsp3) is 0.833. The third-order valence-electron chi connectivity index (χ3n) is 3.07. The van der Waals surface area contributed by atoms with Crippen molar-refractivity contribution in [1.29, 1.82) is 0 Å². The van der Waals surface area contributed by atoms with Crippen molar-refractivity contribution in [1.82, 2.24) is 9.80 Å². The Morgan fingerprint density at radius 3 is 2.22 bits per heavy atom. The Balaban J connectivity index is 2.29. The minimum atomic E-state index is -0.820. The lowest BCUT2D eigenvalue weighted by atomic mass is 9.99. The van der Waals surface area contributed by atoms with Crippen LogP contribution in [0.4, 0.5) is 0 Å². The summed E-state index contributed by atoms with van der Waals surface area (Å²) in [7, 11) is 0. The number of hydrogen-bond acceptors (Lipinski definition) is 4. The first kappa shape index (κ1) is 14.9. The zero-order chi connectivity index (χ0) is 13.8. The van der Waals surface area contributed by atoms with E-state index >= 15 is 0 Å². The summed E-state index contributed by atoms with van der Waals surface area (Å²) >= 11 is 0. The molecule has 1 aliphatic heterocycles. The van der Waals surface area contributed by atoms with Gasteiger partial charge in [-0.25, -0.2) is 0 Å². The van der Waals surface area contributed by atoms with Gasteiger partial charge in [-0.15, -0.1) is 0 Å². The summed E-state index contributed by atoms with van der Waals surface area (Å²) in [4.78, 5) is 26.1. The van der Waals surface area contributed by atoms with Gasteiger partial charge in [0, 0.05) is 38.1 Å². The van der Waals surface area contributed by atoms with E-state index in [2.05, 4.69) is 0 Å². The zero-order valence-corrected chi connectivity index (χ0v) is 11.2. The van der Waals surface area contributed by atoms with Crippen LogP contribution in [-0.4, -0.2) is 65.0 Å². The highest BCUT2D eigenvalue weighted by Crippen LogP contribution is 2.10. The maximum Gasteiger partial charge on any atom is 0.317 e. The van der Waals surface area contributed by atoms with Crippen molar-refractivity contribution in [2.45, 2.75) is 32.2 Å². The summed E-state index contributed by atoms with van der Waals surface area (Å²) < 4.78 is 0. The smallest absolute Gasteiger partial charge is 0.317 e. The molecule has 0 radical (unpaired) electrons. The summed E-state index contributed by atoms with van der Waals surface area (Å²) in [6.45, 7) is 6.34. The second-order valence-electron chi connectivity index (χ2n) is 5.54. The average molecular weight is 257 g/mol. The molecule has 0 aromatic carbocycles. The van der Waals surface area contributed by atoms with Gasteiger partial charge in [-0.3, -0.25) is 14.5 Å². The molecule has 0 aromatic heterocycles. The monoisotopic (exact) mass is 257 g/mol. The fourth-order valence-corrected chi connectivity index (χ4v) is 1.93. The highest BCUT2D eigenvalue weighted by atomic mass is 16.4. The van der Waals surface area contributed by atoms with E-state index < -0.39 is 5.97 Å². The van der Waals surface area contributed by atoms with Crippen molar-refractivity contribution in [3.63, 3.8) is 0 Å². The molecular formula is C12H23N3O3. The van der Waals surface area contributed by atoms with Gasteiger partial charge < -0.3 is 15.7 Å². The number of nitrogens with two attached hydrogens (primary N) is 1. The molecule has 1 rings (SSSR count).